The van der Waals surface area contributed by atoms with E-state index in [2.05, 4.69) is 5.32 Å². The molecule has 0 radical (unpaired) electrons. The van der Waals surface area contributed by atoms with Gasteiger partial charge in [0.2, 0.25) is 5.91 Å². The standard InChI is InChI=1S/C18H24N2O5/c1-18(2,3)25-16(23)10-19-13-9-8-12-6-4-5-7-14(12)20(17(13)24)11-15(21)22/h4-7,13,19H,8-11H2,1-3H3,(H,21,22)/t13-/m0/s1. The summed E-state index contributed by atoms with van der Waals surface area (Å²) in [5.74, 6) is -1.89. The van der Waals surface area contributed by atoms with E-state index in [1.807, 2.05) is 12.1 Å². The summed E-state index contributed by atoms with van der Waals surface area (Å²) < 4.78 is 5.23. The second-order valence-corrected chi connectivity index (χ2v) is 7.01. The molecule has 25 heavy (non-hydrogen) atoms. The molecule has 1 aromatic carbocycles. The quantitative estimate of drug-likeness (QED) is 0.780. The molecule has 1 heterocycles. The zero-order valence-electron chi connectivity index (χ0n) is 14.7. The van der Waals surface area contributed by atoms with E-state index in [4.69, 9.17) is 9.84 Å². The fraction of sp³-hybridized carbons (Fsp3) is 0.500. The highest BCUT2D eigenvalue weighted by atomic mass is 16.6. The number of esters is 1. The minimum atomic E-state index is -1.09. The summed E-state index contributed by atoms with van der Waals surface area (Å²) in [6, 6.07) is 6.62. The lowest BCUT2D eigenvalue weighted by molar-refractivity contribution is -0.153. The molecule has 136 valence electrons. The van der Waals surface area contributed by atoms with Crippen LogP contribution in [0.5, 0.6) is 0 Å². The van der Waals surface area contributed by atoms with E-state index in [9.17, 15) is 14.4 Å². The predicted octanol–water partition coefficient (Wildman–Crippen LogP) is 1.35. The van der Waals surface area contributed by atoms with Crippen LogP contribution in [0.2, 0.25) is 0 Å². The molecule has 7 nitrogen and oxygen atoms in total. The van der Waals surface area contributed by atoms with Gasteiger partial charge in [0.25, 0.3) is 0 Å². The summed E-state index contributed by atoms with van der Waals surface area (Å²) in [6.45, 7) is 4.79. The van der Waals surface area contributed by atoms with Gasteiger partial charge in [0, 0.05) is 5.69 Å². The third kappa shape index (κ3) is 5.29. The summed E-state index contributed by atoms with van der Waals surface area (Å²) in [5.41, 5.74) is 0.924. The van der Waals surface area contributed by atoms with Gasteiger partial charge in [-0.2, -0.15) is 0 Å². The van der Waals surface area contributed by atoms with Gasteiger partial charge >= 0.3 is 11.9 Å². The van der Waals surface area contributed by atoms with Gasteiger partial charge in [-0.3, -0.25) is 24.6 Å². The van der Waals surface area contributed by atoms with Crippen LogP contribution in [0.25, 0.3) is 0 Å². The highest BCUT2D eigenvalue weighted by molar-refractivity contribution is 6.01. The number of carboxylic acid groups (broad SMARTS) is 1. The smallest absolute Gasteiger partial charge is 0.323 e. The second-order valence-electron chi connectivity index (χ2n) is 7.01. The van der Waals surface area contributed by atoms with Crippen LogP contribution in [0, 0.1) is 0 Å². The molecule has 0 aliphatic carbocycles. The Morgan fingerprint density at radius 3 is 2.64 bits per heavy atom. The summed E-state index contributed by atoms with van der Waals surface area (Å²) in [5, 5.41) is 12.1. The van der Waals surface area contributed by atoms with E-state index >= 15 is 0 Å². The Morgan fingerprint density at radius 2 is 2.00 bits per heavy atom. The van der Waals surface area contributed by atoms with Crippen LogP contribution in [-0.4, -0.2) is 47.7 Å². The lowest BCUT2D eigenvalue weighted by Gasteiger charge is -2.25. The molecule has 1 aliphatic heterocycles. The van der Waals surface area contributed by atoms with Crippen molar-refractivity contribution in [3.8, 4) is 0 Å². The third-order valence-corrected chi connectivity index (χ3v) is 3.76. The number of para-hydroxylation sites is 1. The molecule has 7 heteroatoms. The molecule has 2 N–H and O–H groups in total. The molecular formula is C18H24N2O5. The number of nitrogens with zero attached hydrogens (tertiary/aromatic N) is 1. The molecule has 0 spiro atoms. The lowest BCUT2D eigenvalue weighted by Crippen LogP contribution is -2.49. The van der Waals surface area contributed by atoms with Gasteiger partial charge in [0.15, 0.2) is 0 Å². The van der Waals surface area contributed by atoms with E-state index in [1.54, 1.807) is 32.9 Å². The van der Waals surface area contributed by atoms with E-state index in [0.29, 0.717) is 18.5 Å². The van der Waals surface area contributed by atoms with Gasteiger partial charge in [-0.15, -0.1) is 0 Å². The Hall–Kier alpha value is -2.41. The zero-order chi connectivity index (χ0) is 18.6. The average Bonchev–Trinajstić information content (AvgIpc) is 2.62. The number of carbonyl (C=O) groups excluding carboxylic acids is 2. The van der Waals surface area contributed by atoms with Crippen molar-refractivity contribution in [3.63, 3.8) is 0 Å². The van der Waals surface area contributed by atoms with Gasteiger partial charge in [-0.25, -0.2) is 0 Å². The number of nitrogens with one attached hydrogen (secondary N) is 1. The first-order chi connectivity index (χ1) is 11.7. The van der Waals surface area contributed by atoms with Crippen LogP contribution in [0.4, 0.5) is 5.69 Å². The van der Waals surface area contributed by atoms with Crippen LogP contribution in [0.1, 0.15) is 32.8 Å². The second kappa shape index (κ2) is 7.65. The number of carbonyl (C=O) groups is 3. The Bertz CT molecular complexity index is 666. The maximum atomic E-state index is 12.8. The number of benzene rings is 1. The number of hydrogen-bond acceptors (Lipinski definition) is 5. The van der Waals surface area contributed by atoms with Crippen LogP contribution >= 0.6 is 0 Å². The first-order valence-corrected chi connectivity index (χ1v) is 8.23. The van der Waals surface area contributed by atoms with Gasteiger partial charge < -0.3 is 9.84 Å². The molecule has 0 fully saturated rings. The van der Waals surface area contributed by atoms with Gasteiger partial charge in [-0.1, -0.05) is 18.2 Å². The first kappa shape index (κ1) is 18.9. The minimum Gasteiger partial charge on any atom is -0.480 e. The summed E-state index contributed by atoms with van der Waals surface area (Å²) in [6.07, 6.45) is 1.10. The first-order valence-electron chi connectivity index (χ1n) is 8.23. The Morgan fingerprint density at radius 1 is 1.32 bits per heavy atom. The molecule has 0 unspecified atom stereocenters. The maximum Gasteiger partial charge on any atom is 0.323 e. The zero-order valence-corrected chi connectivity index (χ0v) is 14.7. The van der Waals surface area contributed by atoms with Crippen molar-refractivity contribution in [1.29, 1.82) is 0 Å². The van der Waals surface area contributed by atoms with Crippen LogP contribution in [-0.2, 0) is 25.5 Å². The molecule has 0 bridgehead atoms. The number of rotatable bonds is 5. The highest BCUT2D eigenvalue weighted by Gasteiger charge is 2.31. The van der Waals surface area contributed by atoms with Crippen molar-refractivity contribution in [1.82, 2.24) is 5.32 Å². The van der Waals surface area contributed by atoms with Gasteiger partial charge in [-0.05, 0) is 45.2 Å². The maximum absolute atomic E-state index is 12.8. The molecule has 1 amide bonds. The monoisotopic (exact) mass is 348 g/mol. The van der Waals surface area contributed by atoms with Crippen molar-refractivity contribution < 1.29 is 24.2 Å². The van der Waals surface area contributed by atoms with Crippen molar-refractivity contribution in [2.24, 2.45) is 0 Å². The number of hydrogen-bond donors (Lipinski definition) is 2. The summed E-state index contributed by atoms with van der Waals surface area (Å²) in [4.78, 5) is 37.1. The molecule has 1 aliphatic rings. The molecule has 1 atom stereocenters. The Labute approximate surface area is 147 Å². The number of anilines is 1. The minimum absolute atomic E-state index is 0.106. The molecule has 2 rings (SSSR count). The number of aryl methyl sites for hydroxylation is 1. The molecular weight excluding hydrogens is 324 g/mol. The summed E-state index contributed by atoms with van der Waals surface area (Å²) in [7, 11) is 0. The predicted molar refractivity (Wildman–Crippen MR) is 92.4 cm³/mol. The van der Waals surface area contributed by atoms with E-state index < -0.39 is 30.1 Å². The van der Waals surface area contributed by atoms with Crippen LogP contribution in [0.15, 0.2) is 24.3 Å². The molecule has 0 saturated heterocycles. The lowest BCUT2D eigenvalue weighted by atomic mass is 10.1. The molecule has 0 aromatic heterocycles. The van der Waals surface area contributed by atoms with E-state index in [1.165, 1.54) is 4.90 Å². The van der Waals surface area contributed by atoms with Gasteiger partial charge in [0.05, 0.1) is 12.6 Å². The number of aliphatic carboxylic acids is 1. The van der Waals surface area contributed by atoms with Crippen molar-refractivity contribution in [3.05, 3.63) is 29.8 Å². The van der Waals surface area contributed by atoms with Crippen molar-refractivity contribution >= 4 is 23.5 Å². The van der Waals surface area contributed by atoms with Crippen molar-refractivity contribution in [2.45, 2.75) is 45.3 Å². The largest absolute Gasteiger partial charge is 0.480 e. The van der Waals surface area contributed by atoms with Crippen LogP contribution in [0.3, 0.4) is 0 Å². The van der Waals surface area contributed by atoms with E-state index in [0.717, 1.165) is 5.56 Å². The topological polar surface area (TPSA) is 95.9 Å². The number of amides is 1. The Balaban J connectivity index is 2.13. The fourth-order valence-corrected chi connectivity index (χ4v) is 2.79. The fourth-order valence-electron chi connectivity index (χ4n) is 2.79. The average molecular weight is 348 g/mol. The van der Waals surface area contributed by atoms with Crippen molar-refractivity contribution in [2.75, 3.05) is 18.0 Å². The molecule has 1 aromatic rings. The van der Waals surface area contributed by atoms with E-state index in [-0.39, 0.29) is 12.5 Å². The number of carboxylic acids is 1. The number of fused-ring (bicyclic) bond motifs is 1. The number of ether oxygens (including phenoxy) is 1. The third-order valence-electron chi connectivity index (χ3n) is 3.76. The summed E-state index contributed by atoms with van der Waals surface area (Å²) >= 11 is 0. The molecule has 0 saturated carbocycles. The SMILES string of the molecule is CC(C)(C)OC(=O)CN[C@H]1CCc2ccccc2N(CC(=O)O)C1=O. The Kier molecular flexibility index (Phi) is 5.79. The van der Waals surface area contributed by atoms with Crippen LogP contribution < -0.4 is 10.2 Å². The normalized spacial score (nSPS) is 17.6. The highest BCUT2D eigenvalue weighted by Crippen LogP contribution is 2.26. The van der Waals surface area contributed by atoms with Gasteiger partial charge in [0.1, 0.15) is 12.1 Å².